The Hall–Kier alpha value is -1.57. The molecule has 0 heterocycles. The minimum atomic E-state index is 0.0475. The van der Waals surface area contributed by atoms with E-state index in [4.69, 9.17) is 19.2 Å². The third-order valence-corrected chi connectivity index (χ3v) is 8.20. The van der Waals surface area contributed by atoms with Gasteiger partial charge in [0, 0.05) is 11.8 Å². The zero-order valence-corrected chi connectivity index (χ0v) is 17.9. The van der Waals surface area contributed by atoms with Crippen molar-refractivity contribution in [3.8, 4) is 0 Å². The minimum Gasteiger partial charge on any atom is -0.299 e. The Labute approximate surface area is 169 Å². The summed E-state index contributed by atoms with van der Waals surface area (Å²) in [5, 5.41) is 0. The highest BCUT2D eigenvalue weighted by Crippen LogP contribution is 2.64. The molecule has 3 rings (SSSR count). The number of carbonyl (C=O) groups excluding carboxylic acids is 5. The van der Waals surface area contributed by atoms with Crippen molar-refractivity contribution in [2.75, 3.05) is 0 Å². The molecule has 3 saturated carbocycles. The molecule has 3 aliphatic rings. The Balaban J connectivity index is 0.000000582. The summed E-state index contributed by atoms with van der Waals surface area (Å²) in [5.41, 5.74) is 0.590. The minimum absolute atomic E-state index is 0.0475. The molecule has 5 heteroatoms. The van der Waals surface area contributed by atoms with E-state index < -0.39 is 0 Å². The van der Waals surface area contributed by atoms with E-state index in [1.165, 1.54) is 57.8 Å². The van der Waals surface area contributed by atoms with Gasteiger partial charge in [0.05, 0.1) is 0 Å². The lowest BCUT2D eigenvalue weighted by Gasteiger charge is -2.58. The Morgan fingerprint density at radius 3 is 2.04 bits per heavy atom. The highest BCUT2D eigenvalue weighted by molar-refractivity contribution is 5.87. The molecule has 0 aromatic rings. The summed E-state index contributed by atoms with van der Waals surface area (Å²) in [7, 11) is 0. The van der Waals surface area contributed by atoms with Crippen molar-refractivity contribution in [3.05, 3.63) is 0 Å². The van der Waals surface area contributed by atoms with Crippen LogP contribution in [0.3, 0.4) is 0 Å². The smallest absolute Gasteiger partial charge is 0.299 e. The van der Waals surface area contributed by atoms with Gasteiger partial charge in [0.25, 0.3) is 0 Å². The first-order chi connectivity index (χ1) is 13.3. The number of carbonyl (C=O) groups is 1. The maximum atomic E-state index is 12.5. The second-order valence-corrected chi connectivity index (χ2v) is 9.28. The fraction of sp³-hybridized carbons (Fsp3) is 0.870. The number of rotatable bonds is 4. The fourth-order valence-corrected chi connectivity index (χ4v) is 7.06. The molecule has 0 aliphatic heterocycles. The molecule has 6 atom stereocenters. The highest BCUT2D eigenvalue weighted by Gasteiger charge is 2.58. The van der Waals surface area contributed by atoms with Crippen LogP contribution in [-0.2, 0) is 24.0 Å². The third kappa shape index (κ3) is 4.70. The van der Waals surface area contributed by atoms with Gasteiger partial charge in [0.15, 0.2) is 0 Å². The van der Waals surface area contributed by atoms with Crippen molar-refractivity contribution < 1.29 is 24.0 Å². The summed E-state index contributed by atoms with van der Waals surface area (Å²) in [6.45, 7) is 9.64. The molecule has 0 bridgehead atoms. The Morgan fingerprint density at radius 1 is 0.893 bits per heavy atom. The van der Waals surface area contributed by atoms with Crippen LogP contribution in [0.4, 0.5) is 0 Å². The Kier molecular flexibility index (Phi) is 9.47. The van der Waals surface area contributed by atoms with Crippen molar-refractivity contribution in [2.24, 2.45) is 34.5 Å². The molecule has 0 unspecified atom stereocenters. The predicted octanol–water partition coefficient (Wildman–Crippen LogP) is 4.85. The van der Waals surface area contributed by atoms with Crippen molar-refractivity contribution >= 4 is 18.1 Å². The normalized spacial score (nSPS) is 38.4. The van der Waals surface area contributed by atoms with Gasteiger partial charge in [-0.2, -0.15) is 19.2 Å². The van der Waals surface area contributed by atoms with Crippen LogP contribution in [0, 0.1) is 34.5 Å². The molecule has 0 saturated heterocycles. The first kappa shape index (κ1) is 24.5. The van der Waals surface area contributed by atoms with E-state index in [2.05, 4.69) is 27.7 Å². The fourth-order valence-electron chi connectivity index (χ4n) is 7.06. The summed E-state index contributed by atoms with van der Waals surface area (Å²) in [5.74, 6) is 3.96. The standard InChI is InChI=1S/C21H36O.2CO2/c1-5-7-15-8-9-16-17-10-11-19(22)21(17,4)14-12-18(16)20(15,3)13-6-2;2*2-1-3/h15-18H,5-14H2,1-4H3;;/t15-,16+,17+,18+,20+,21+;;/m1../s1. The van der Waals surface area contributed by atoms with Crippen LogP contribution in [0.1, 0.15) is 91.9 Å². The molecule has 28 heavy (non-hydrogen) atoms. The maximum Gasteiger partial charge on any atom is 0.373 e. The molecule has 0 aromatic heterocycles. The molecule has 3 fully saturated rings. The van der Waals surface area contributed by atoms with Gasteiger partial charge in [-0.25, -0.2) is 0 Å². The summed E-state index contributed by atoms with van der Waals surface area (Å²) in [6, 6.07) is 0. The third-order valence-electron chi connectivity index (χ3n) is 8.20. The number of fused-ring (bicyclic) bond motifs is 3. The quantitative estimate of drug-likeness (QED) is 0.683. The van der Waals surface area contributed by atoms with Gasteiger partial charge in [-0.3, -0.25) is 4.79 Å². The molecule has 3 aliphatic carbocycles. The van der Waals surface area contributed by atoms with Gasteiger partial charge in [-0.1, -0.05) is 47.0 Å². The van der Waals surface area contributed by atoms with Crippen molar-refractivity contribution in [3.63, 3.8) is 0 Å². The molecule has 0 amide bonds. The maximum absolute atomic E-state index is 12.5. The lowest BCUT2D eigenvalue weighted by molar-refractivity contribution is -0.193. The Morgan fingerprint density at radius 2 is 1.50 bits per heavy atom. The zero-order chi connectivity index (χ0) is 21.4. The van der Waals surface area contributed by atoms with Crippen LogP contribution in [0.15, 0.2) is 0 Å². The van der Waals surface area contributed by atoms with Gasteiger partial charge in [-0.15, -0.1) is 0 Å². The van der Waals surface area contributed by atoms with Crippen LogP contribution < -0.4 is 0 Å². The summed E-state index contributed by atoms with van der Waals surface area (Å²) >= 11 is 0. The average Bonchev–Trinajstić information content (AvgIpc) is 2.94. The number of ketones is 1. The summed E-state index contributed by atoms with van der Waals surface area (Å²) < 4.78 is 0. The van der Waals surface area contributed by atoms with Crippen molar-refractivity contribution in [2.45, 2.75) is 91.9 Å². The van der Waals surface area contributed by atoms with E-state index in [1.807, 2.05) is 0 Å². The van der Waals surface area contributed by atoms with E-state index in [1.54, 1.807) is 0 Å². The van der Waals surface area contributed by atoms with Gasteiger partial charge in [0.1, 0.15) is 5.78 Å². The SMILES string of the molecule is CCC[C@@H]1CC[C@@H]2[C@H](CC[C@]3(C)C(=O)CC[C@@H]23)[C@@]1(C)CCC.O=C=O.O=C=O. The van der Waals surface area contributed by atoms with E-state index in [9.17, 15) is 4.79 Å². The first-order valence-corrected chi connectivity index (χ1v) is 10.8. The number of Topliss-reactive ketones (excluding diaryl/α,β-unsaturated/α-hetero) is 1. The van der Waals surface area contributed by atoms with Crippen LogP contribution >= 0.6 is 0 Å². The van der Waals surface area contributed by atoms with Gasteiger partial charge >= 0.3 is 12.3 Å². The number of hydrogen-bond acceptors (Lipinski definition) is 5. The van der Waals surface area contributed by atoms with Gasteiger partial charge in [0.2, 0.25) is 0 Å². The highest BCUT2D eigenvalue weighted by atomic mass is 16.2. The molecule has 0 aromatic carbocycles. The summed E-state index contributed by atoms with van der Waals surface area (Å²) in [6.07, 6.45) is 13.4. The van der Waals surface area contributed by atoms with Crippen LogP contribution in [0.25, 0.3) is 0 Å². The van der Waals surface area contributed by atoms with E-state index >= 15 is 0 Å². The lowest BCUT2D eigenvalue weighted by atomic mass is 9.46. The lowest BCUT2D eigenvalue weighted by Crippen LogP contribution is -2.52. The predicted molar refractivity (Wildman–Crippen MR) is 103 cm³/mol. The topological polar surface area (TPSA) is 85.3 Å². The molecule has 0 radical (unpaired) electrons. The average molecular weight is 393 g/mol. The molecule has 0 N–H and O–H groups in total. The van der Waals surface area contributed by atoms with Crippen LogP contribution in [-0.4, -0.2) is 18.1 Å². The molecule has 5 nitrogen and oxygen atoms in total. The van der Waals surface area contributed by atoms with E-state index in [0.29, 0.717) is 17.1 Å². The second kappa shape index (κ2) is 10.8. The van der Waals surface area contributed by atoms with Gasteiger partial charge in [-0.05, 0) is 67.6 Å². The first-order valence-electron chi connectivity index (χ1n) is 10.8. The monoisotopic (exact) mass is 392 g/mol. The van der Waals surface area contributed by atoms with E-state index in [0.717, 1.165) is 24.2 Å². The summed E-state index contributed by atoms with van der Waals surface area (Å²) in [4.78, 5) is 45.0. The van der Waals surface area contributed by atoms with Crippen LogP contribution in [0.5, 0.6) is 0 Å². The molecule has 0 spiro atoms. The van der Waals surface area contributed by atoms with E-state index in [-0.39, 0.29) is 17.7 Å². The molecular formula is C23H36O5. The largest absolute Gasteiger partial charge is 0.373 e. The number of hydrogen-bond donors (Lipinski definition) is 0. The second-order valence-electron chi connectivity index (χ2n) is 9.28. The van der Waals surface area contributed by atoms with Gasteiger partial charge < -0.3 is 0 Å². The Bertz CT molecular complexity index is 576. The van der Waals surface area contributed by atoms with Crippen molar-refractivity contribution in [1.82, 2.24) is 0 Å². The molecular weight excluding hydrogens is 356 g/mol. The zero-order valence-electron chi connectivity index (χ0n) is 17.9. The van der Waals surface area contributed by atoms with Crippen LogP contribution in [0.2, 0.25) is 0 Å². The molecule has 158 valence electrons. The van der Waals surface area contributed by atoms with Crippen molar-refractivity contribution in [1.29, 1.82) is 0 Å².